The highest BCUT2D eigenvalue weighted by atomic mass is 16.1. The Kier molecular flexibility index (Phi) is 2.44. The maximum absolute atomic E-state index is 11.7. The first kappa shape index (κ1) is 10.7. The number of hydrogen-bond donors (Lipinski definition) is 1. The van der Waals surface area contributed by atoms with Gasteiger partial charge >= 0.3 is 5.69 Å². The Morgan fingerprint density at radius 2 is 2.06 bits per heavy atom. The first-order valence-electron chi connectivity index (χ1n) is 5.71. The van der Waals surface area contributed by atoms with E-state index in [4.69, 9.17) is 0 Å². The molecule has 5 nitrogen and oxygen atoms in total. The van der Waals surface area contributed by atoms with Crippen molar-refractivity contribution in [2.75, 3.05) is 0 Å². The summed E-state index contributed by atoms with van der Waals surface area (Å²) in [4.78, 5) is 18.6. The lowest BCUT2D eigenvalue weighted by molar-refractivity contribution is 0.819. The summed E-state index contributed by atoms with van der Waals surface area (Å²) in [5.74, 6) is 0.599. The lowest BCUT2D eigenvalue weighted by Gasteiger charge is -1.99. The van der Waals surface area contributed by atoms with Gasteiger partial charge in [0.2, 0.25) is 0 Å². The van der Waals surface area contributed by atoms with Crippen molar-refractivity contribution in [3.05, 3.63) is 64.0 Å². The van der Waals surface area contributed by atoms with E-state index in [2.05, 4.69) is 15.1 Å². The molecule has 0 fully saturated rings. The molecule has 5 heteroatoms. The molecule has 0 bridgehead atoms. The molecule has 0 aliphatic heterocycles. The van der Waals surface area contributed by atoms with Gasteiger partial charge in [0.05, 0.1) is 6.20 Å². The summed E-state index contributed by atoms with van der Waals surface area (Å²) in [5, 5.41) is 4.07. The number of aromatic nitrogens is 4. The van der Waals surface area contributed by atoms with E-state index in [-0.39, 0.29) is 5.69 Å². The van der Waals surface area contributed by atoms with Crippen LogP contribution in [0.1, 0.15) is 17.0 Å². The number of aromatic amines is 1. The van der Waals surface area contributed by atoms with Gasteiger partial charge in [0.25, 0.3) is 0 Å². The van der Waals surface area contributed by atoms with Gasteiger partial charge in [-0.05, 0) is 12.5 Å². The van der Waals surface area contributed by atoms with Gasteiger partial charge < -0.3 is 0 Å². The molecular weight excluding hydrogens is 228 g/mol. The number of nitrogens with one attached hydrogen (secondary N) is 1. The van der Waals surface area contributed by atoms with E-state index in [0.717, 1.165) is 12.0 Å². The van der Waals surface area contributed by atoms with Crippen LogP contribution in [0.4, 0.5) is 0 Å². The minimum Gasteiger partial charge on any atom is -0.294 e. The zero-order chi connectivity index (χ0) is 12.5. The molecule has 3 rings (SSSR count). The van der Waals surface area contributed by atoms with E-state index in [9.17, 15) is 4.79 Å². The average molecular weight is 240 g/mol. The van der Waals surface area contributed by atoms with Crippen molar-refractivity contribution in [2.24, 2.45) is 0 Å². The van der Waals surface area contributed by atoms with Gasteiger partial charge in [-0.1, -0.05) is 30.3 Å². The second-order valence-corrected chi connectivity index (χ2v) is 4.19. The van der Waals surface area contributed by atoms with E-state index < -0.39 is 0 Å². The first-order valence-corrected chi connectivity index (χ1v) is 5.71. The minimum absolute atomic E-state index is 0.253. The van der Waals surface area contributed by atoms with Gasteiger partial charge in [-0.2, -0.15) is 9.61 Å². The number of nitrogens with zero attached hydrogens (tertiary/aromatic N) is 3. The largest absolute Gasteiger partial charge is 0.349 e. The maximum atomic E-state index is 11.7. The summed E-state index contributed by atoms with van der Waals surface area (Å²) in [6.07, 6.45) is 2.42. The molecule has 2 aromatic heterocycles. The van der Waals surface area contributed by atoms with Gasteiger partial charge in [0.1, 0.15) is 5.82 Å². The molecule has 0 spiro atoms. The topological polar surface area (TPSA) is 63.1 Å². The predicted octanol–water partition coefficient (Wildman–Crippen LogP) is 1.32. The molecule has 3 aromatic rings. The molecule has 0 amide bonds. The molecule has 2 heterocycles. The number of hydrogen-bond acceptors (Lipinski definition) is 3. The third-order valence-corrected chi connectivity index (χ3v) is 2.81. The molecule has 0 unspecified atom stereocenters. The molecule has 0 saturated carbocycles. The smallest absolute Gasteiger partial charge is 0.294 e. The molecule has 0 aliphatic rings. The molecule has 1 aromatic carbocycles. The number of aryl methyl sites for hydroxylation is 1. The van der Waals surface area contributed by atoms with E-state index >= 15 is 0 Å². The normalized spacial score (nSPS) is 10.9. The Balaban J connectivity index is 2.11. The van der Waals surface area contributed by atoms with E-state index in [1.54, 1.807) is 13.1 Å². The average Bonchev–Trinajstić information content (AvgIpc) is 2.74. The highest BCUT2D eigenvalue weighted by Gasteiger charge is 2.09. The molecule has 18 heavy (non-hydrogen) atoms. The van der Waals surface area contributed by atoms with Gasteiger partial charge in [-0.15, -0.1) is 0 Å². The molecule has 1 N–H and O–H groups in total. The van der Waals surface area contributed by atoms with Crippen LogP contribution in [0.25, 0.3) is 5.65 Å². The molecule has 0 atom stereocenters. The summed E-state index contributed by atoms with van der Waals surface area (Å²) in [6.45, 7) is 1.76. The van der Waals surface area contributed by atoms with Crippen LogP contribution in [-0.2, 0) is 6.42 Å². The van der Waals surface area contributed by atoms with Crippen molar-refractivity contribution in [2.45, 2.75) is 13.3 Å². The predicted molar refractivity (Wildman–Crippen MR) is 67.6 cm³/mol. The third-order valence-electron chi connectivity index (χ3n) is 2.81. The fourth-order valence-corrected chi connectivity index (χ4v) is 1.98. The zero-order valence-electron chi connectivity index (χ0n) is 9.92. The molecular formula is C13H12N4O. The molecule has 90 valence electrons. The number of benzene rings is 1. The monoisotopic (exact) mass is 240 g/mol. The quantitative estimate of drug-likeness (QED) is 0.734. The van der Waals surface area contributed by atoms with Crippen molar-refractivity contribution in [3.8, 4) is 0 Å². The Morgan fingerprint density at radius 3 is 2.83 bits per heavy atom. The van der Waals surface area contributed by atoms with Gasteiger partial charge in [0.15, 0.2) is 5.65 Å². The van der Waals surface area contributed by atoms with Crippen molar-refractivity contribution in [3.63, 3.8) is 0 Å². The number of rotatable bonds is 2. The Labute approximate surface area is 103 Å². The van der Waals surface area contributed by atoms with E-state index in [1.807, 2.05) is 30.3 Å². The van der Waals surface area contributed by atoms with Crippen LogP contribution in [0.5, 0.6) is 0 Å². The SMILES string of the molecule is Cc1nc2c(Cc3ccccc3)cnn2c(=O)[nH]1. The lowest BCUT2D eigenvalue weighted by Crippen LogP contribution is -2.19. The van der Waals surface area contributed by atoms with Crippen LogP contribution in [0.15, 0.2) is 41.3 Å². The second-order valence-electron chi connectivity index (χ2n) is 4.19. The Morgan fingerprint density at radius 1 is 1.28 bits per heavy atom. The first-order chi connectivity index (χ1) is 8.74. The molecule has 0 aliphatic carbocycles. The van der Waals surface area contributed by atoms with E-state index in [1.165, 1.54) is 10.1 Å². The number of H-pyrrole nitrogens is 1. The highest BCUT2D eigenvalue weighted by Crippen LogP contribution is 2.12. The van der Waals surface area contributed by atoms with Crippen molar-refractivity contribution < 1.29 is 0 Å². The standard InChI is InChI=1S/C13H12N4O/c1-9-15-12-11(7-10-5-3-2-4-6-10)8-14-17(12)13(18)16-9/h2-6,8H,7H2,1H3,(H,15,16,18). The maximum Gasteiger partial charge on any atom is 0.349 e. The third kappa shape index (κ3) is 1.79. The van der Waals surface area contributed by atoms with Gasteiger partial charge in [-0.3, -0.25) is 4.98 Å². The zero-order valence-corrected chi connectivity index (χ0v) is 9.92. The van der Waals surface area contributed by atoms with E-state index in [0.29, 0.717) is 11.5 Å². The molecule has 0 saturated heterocycles. The summed E-state index contributed by atoms with van der Waals surface area (Å²) >= 11 is 0. The summed E-state index contributed by atoms with van der Waals surface area (Å²) in [7, 11) is 0. The fourth-order valence-electron chi connectivity index (χ4n) is 1.98. The van der Waals surface area contributed by atoms with Crippen molar-refractivity contribution in [1.29, 1.82) is 0 Å². The lowest BCUT2D eigenvalue weighted by atomic mass is 10.1. The van der Waals surface area contributed by atoms with Gasteiger partial charge in [0, 0.05) is 12.0 Å². The van der Waals surface area contributed by atoms with Crippen LogP contribution in [0.3, 0.4) is 0 Å². The van der Waals surface area contributed by atoms with Crippen LogP contribution in [0, 0.1) is 6.92 Å². The Hall–Kier alpha value is -2.43. The number of fused-ring (bicyclic) bond motifs is 1. The van der Waals surface area contributed by atoms with Crippen LogP contribution < -0.4 is 5.69 Å². The Bertz CT molecular complexity index is 743. The van der Waals surface area contributed by atoms with Crippen LogP contribution in [-0.4, -0.2) is 19.6 Å². The van der Waals surface area contributed by atoms with Crippen molar-refractivity contribution >= 4 is 5.65 Å². The highest BCUT2D eigenvalue weighted by molar-refractivity contribution is 5.47. The van der Waals surface area contributed by atoms with Gasteiger partial charge in [-0.25, -0.2) is 9.78 Å². The summed E-state index contributed by atoms with van der Waals surface area (Å²) in [6, 6.07) is 10.1. The second kappa shape index (κ2) is 4.10. The fraction of sp³-hybridized carbons (Fsp3) is 0.154. The van der Waals surface area contributed by atoms with Crippen molar-refractivity contribution in [1.82, 2.24) is 19.6 Å². The minimum atomic E-state index is -0.253. The van der Waals surface area contributed by atoms with Crippen LogP contribution in [0.2, 0.25) is 0 Å². The summed E-state index contributed by atoms with van der Waals surface area (Å²) in [5.41, 5.74) is 2.50. The molecule has 0 radical (unpaired) electrons. The van der Waals surface area contributed by atoms with Crippen LogP contribution >= 0.6 is 0 Å². The summed E-state index contributed by atoms with van der Waals surface area (Å²) < 4.78 is 1.30.